The maximum atomic E-state index is 14.2. The summed E-state index contributed by atoms with van der Waals surface area (Å²) in [5, 5.41) is 8.11. The molecule has 12 heteroatoms. The highest BCUT2D eigenvalue weighted by atomic mass is 16.6. The molecule has 1 saturated heterocycles. The van der Waals surface area contributed by atoms with E-state index >= 15 is 0 Å². The lowest BCUT2D eigenvalue weighted by atomic mass is 9.68. The summed E-state index contributed by atoms with van der Waals surface area (Å²) in [5.74, 6) is -0.979. The molecule has 2 aliphatic rings. The number of amides is 4. The first-order chi connectivity index (χ1) is 24.7. The fourth-order valence-electron chi connectivity index (χ4n) is 7.02. The Hall–Kier alpha value is -4.71. The van der Waals surface area contributed by atoms with Gasteiger partial charge in [0.25, 0.3) is 5.91 Å². The molecule has 3 N–H and O–H groups in total. The summed E-state index contributed by atoms with van der Waals surface area (Å²) < 4.78 is 12.9. The molecule has 1 saturated carbocycles. The van der Waals surface area contributed by atoms with Gasteiger partial charge < -0.3 is 34.9 Å². The van der Waals surface area contributed by atoms with Crippen LogP contribution in [0.3, 0.4) is 0 Å². The normalized spacial score (nSPS) is 17.1. The van der Waals surface area contributed by atoms with Crippen LogP contribution in [0.1, 0.15) is 96.7 Å². The summed E-state index contributed by atoms with van der Waals surface area (Å²) in [5.41, 5.74) is -0.0981. The van der Waals surface area contributed by atoms with E-state index in [9.17, 15) is 19.2 Å². The molecule has 280 valence electrons. The molecule has 1 aliphatic heterocycles. The van der Waals surface area contributed by atoms with Gasteiger partial charge in [0, 0.05) is 19.3 Å². The number of likely N-dealkylation sites (tertiary alicyclic amines) is 1. The first-order valence-corrected chi connectivity index (χ1v) is 18.4. The van der Waals surface area contributed by atoms with Gasteiger partial charge in [-0.2, -0.15) is 0 Å². The van der Waals surface area contributed by atoms with Gasteiger partial charge in [-0.3, -0.25) is 14.4 Å². The van der Waals surface area contributed by atoms with Crippen LogP contribution in [0.5, 0.6) is 0 Å². The SMILES string of the molecule is CC(C)(C)OC(=O)NC(C)(C)C(=O)NC(COCc1ccccc1)C(=O)Nc1cn(C(C(=O)N2CCC3(CCCCC3)CC2)c2ccccc2)cn1. The fourth-order valence-corrected chi connectivity index (χ4v) is 7.02. The summed E-state index contributed by atoms with van der Waals surface area (Å²) in [6.45, 7) is 9.73. The topological polar surface area (TPSA) is 144 Å². The van der Waals surface area contributed by atoms with Gasteiger partial charge >= 0.3 is 6.09 Å². The summed E-state index contributed by atoms with van der Waals surface area (Å²) in [7, 11) is 0. The smallest absolute Gasteiger partial charge is 0.408 e. The average molecular weight is 715 g/mol. The van der Waals surface area contributed by atoms with E-state index in [-0.39, 0.29) is 24.9 Å². The van der Waals surface area contributed by atoms with E-state index in [0.717, 1.165) is 37.1 Å². The van der Waals surface area contributed by atoms with Crippen molar-refractivity contribution in [3.05, 3.63) is 84.3 Å². The van der Waals surface area contributed by atoms with Crippen LogP contribution in [0.2, 0.25) is 0 Å². The zero-order valence-corrected chi connectivity index (χ0v) is 31.2. The number of aromatic nitrogens is 2. The highest BCUT2D eigenvalue weighted by Crippen LogP contribution is 2.45. The molecule has 0 bridgehead atoms. The third-order valence-electron chi connectivity index (χ3n) is 9.95. The number of anilines is 1. The van der Waals surface area contributed by atoms with Crippen LogP contribution in [0.25, 0.3) is 0 Å². The van der Waals surface area contributed by atoms with Gasteiger partial charge in [-0.05, 0) is 76.8 Å². The van der Waals surface area contributed by atoms with E-state index in [4.69, 9.17) is 9.47 Å². The molecule has 2 aromatic carbocycles. The van der Waals surface area contributed by atoms with Gasteiger partial charge in [0.05, 0.1) is 19.5 Å². The number of alkyl carbamates (subject to hydrolysis) is 1. The van der Waals surface area contributed by atoms with Gasteiger partial charge in [-0.25, -0.2) is 9.78 Å². The highest BCUT2D eigenvalue weighted by molar-refractivity contribution is 5.98. The van der Waals surface area contributed by atoms with Gasteiger partial charge in [0.2, 0.25) is 11.8 Å². The Bertz CT molecular complexity index is 1650. The molecule has 2 heterocycles. The van der Waals surface area contributed by atoms with Crippen LogP contribution >= 0.6 is 0 Å². The minimum atomic E-state index is -1.42. The van der Waals surface area contributed by atoms with Crippen molar-refractivity contribution in [3.8, 4) is 0 Å². The quantitative estimate of drug-likeness (QED) is 0.209. The minimum Gasteiger partial charge on any atom is -0.444 e. The number of rotatable bonds is 12. The Morgan fingerprint density at radius 3 is 2.13 bits per heavy atom. The van der Waals surface area contributed by atoms with Gasteiger partial charge in [-0.15, -0.1) is 0 Å². The van der Waals surface area contributed by atoms with E-state index in [0.29, 0.717) is 5.41 Å². The second kappa shape index (κ2) is 16.8. The number of piperidine rings is 1. The van der Waals surface area contributed by atoms with Crippen LogP contribution in [-0.2, 0) is 30.5 Å². The number of carbonyl (C=O) groups excluding carboxylic acids is 4. The number of nitrogens with one attached hydrogen (secondary N) is 3. The molecule has 5 rings (SSSR count). The summed E-state index contributed by atoms with van der Waals surface area (Å²) in [6, 6.07) is 17.2. The Morgan fingerprint density at radius 2 is 1.50 bits per heavy atom. The number of imidazole rings is 1. The van der Waals surface area contributed by atoms with Gasteiger partial charge in [-0.1, -0.05) is 79.9 Å². The largest absolute Gasteiger partial charge is 0.444 e. The van der Waals surface area contributed by atoms with Crippen molar-refractivity contribution in [2.45, 2.75) is 109 Å². The molecule has 0 radical (unpaired) electrons. The summed E-state index contributed by atoms with van der Waals surface area (Å²) in [4.78, 5) is 60.3. The van der Waals surface area contributed by atoms with Crippen molar-refractivity contribution in [1.82, 2.24) is 25.1 Å². The number of nitrogens with zero attached hydrogens (tertiary/aromatic N) is 3. The van der Waals surface area contributed by atoms with Gasteiger partial charge in [0.15, 0.2) is 5.82 Å². The van der Waals surface area contributed by atoms with Crippen LogP contribution in [0.15, 0.2) is 73.2 Å². The highest BCUT2D eigenvalue weighted by Gasteiger charge is 2.39. The minimum absolute atomic E-state index is 0.00805. The lowest BCUT2D eigenvalue weighted by Gasteiger charge is -2.45. The van der Waals surface area contributed by atoms with Crippen molar-refractivity contribution >= 4 is 29.6 Å². The first kappa shape index (κ1) is 38.5. The van der Waals surface area contributed by atoms with E-state index < -0.39 is 41.1 Å². The van der Waals surface area contributed by atoms with Crippen LogP contribution in [0.4, 0.5) is 10.6 Å². The zero-order valence-electron chi connectivity index (χ0n) is 31.2. The van der Waals surface area contributed by atoms with E-state index in [1.54, 1.807) is 37.9 Å². The van der Waals surface area contributed by atoms with Crippen molar-refractivity contribution in [2.24, 2.45) is 5.41 Å². The monoisotopic (exact) mass is 714 g/mol. The standard InChI is InChI=1S/C40H54N6O6/c1-38(2,3)52-37(50)44-39(4,5)36(49)42-31(27-51-26-29-15-9-6-10-16-29)34(47)43-32-25-46(28-41-32)33(30-17-11-7-12-18-30)35(48)45-23-21-40(22-24-45)19-13-8-14-20-40/h6-7,9-12,15-18,25,28,31,33H,8,13-14,19-24,26-27H2,1-5H3,(H,42,49)(H,43,47)(H,44,50). The molecule has 3 aromatic rings. The Kier molecular flexibility index (Phi) is 12.4. The Labute approximate surface area is 307 Å². The molecule has 2 atom stereocenters. The lowest BCUT2D eigenvalue weighted by molar-refractivity contribution is -0.136. The molecule has 2 unspecified atom stereocenters. The molecule has 1 aromatic heterocycles. The second-order valence-electron chi connectivity index (χ2n) is 15.7. The number of benzene rings is 2. The number of hydrogen-bond donors (Lipinski definition) is 3. The van der Waals surface area contributed by atoms with Crippen LogP contribution in [-0.4, -0.2) is 75.1 Å². The lowest BCUT2D eigenvalue weighted by Crippen LogP contribution is -2.59. The summed E-state index contributed by atoms with van der Waals surface area (Å²) >= 11 is 0. The predicted molar refractivity (Wildman–Crippen MR) is 198 cm³/mol. The van der Waals surface area contributed by atoms with Crippen LogP contribution < -0.4 is 16.0 Å². The molecule has 4 amide bonds. The zero-order chi connectivity index (χ0) is 37.4. The van der Waals surface area contributed by atoms with E-state index in [1.165, 1.54) is 46.0 Å². The molecule has 1 spiro atoms. The molecular formula is C40H54N6O6. The van der Waals surface area contributed by atoms with Gasteiger partial charge in [0.1, 0.15) is 23.2 Å². The van der Waals surface area contributed by atoms with Crippen LogP contribution in [0, 0.1) is 5.41 Å². The molecule has 2 fully saturated rings. The molecule has 52 heavy (non-hydrogen) atoms. The Morgan fingerprint density at radius 1 is 0.865 bits per heavy atom. The predicted octanol–water partition coefficient (Wildman–Crippen LogP) is 5.99. The average Bonchev–Trinajstić information content (AvgIpc) is 3.55. The molecule has 1 aliphatic carbocycles. The second-order valence-corrected chi connectivity index (χ2v) is 15.7. The maximum Gasteiger partial charge on any atom is 0.408 e. The fraction of sp³-hybridized carbons (Fsp3) is 0.525. The van der Waals surface area contributed by atoms with Crippen molar-refractivity contribution < 1.29 is 28.7 Å². The third-order valence-corrected chi connectivity index (χ3v) is 9.95. The number of hydrogen-bond acceptors (Lipinski definition) is 7. The maximum absolute atomic E-state index is 14.2. The molecular weight excluding hydrogens is 660 g/mol. The van der Waals surface area contributed by atoms with Crippen molar-refractivity contribution in [3.63, 3.8) is 0 Å². The number of ether oxygens (including phenoxy) is 2. The number of carbonyl (C=O) groups is 4. The third kappa shape index (κ3) is 10.4. The Balaban J connectivity index is 1.30. The van der Waals surface area contributed by atoms with Crippen molar-refractivity contribution in [2.75, 3.05) is 25.0 Å². The first-order valence-electron chi connectivity index (χ1n) is 18.4. The van der Waals surface area contributed by atoms with Crippen molar-refractivity contribution in [1.29, 1.82) is 0 Å². The molecule has 12 nitrogen and oxygen atoms in total. The summed E-state index contributed by atoms with van der Waals surface area (Å²) in [6.07, 6.45) is 10.8. The van der Waals surface area contributed by atoms with E-state index in [1.807, 2.05) is 65.6 Å². The van der Waals surface area contributed by atoms with E-state index in [2.05, 4.69) is 20.9 Å².